The molecule has 148 valence electrons. The van der Waals surface area contributed by atoms with E-state index in [1.54, 1.807) is 17.9 Å². The highest BCUT2D eigenvalue weighted by Crippen LogP contribution is 2.29. The summed E-state index contributed by atoms with van der Waals surface area (Å²) >= 11 is 1.37. The van der Waals surface area contributed by atoms with Crippen LogP contribution in [0.3, 0.4) is 0 Å². The van der Waals surface area contributed by atoms with Gasteiger partial charge in [-0.1, -0.05) is 0 Å². The van der Waals surface area contributed by atoms with Gasteiger partial charge < -0.3 is 19.1 Å². The maximum absolute atomic E-state index is 12.8. The fourth-order valence-electron chi connectivity index (χ4n) is 3.47. The van der Waals surface area contributed by atoms with E-state index in [4.69, 9.17) is 14.2 Å². The second kappa shape index (κ2) is 8.60. The highest BCUT2D eigenvalue weighted by atomic mass is 32.1. The minimum atomic E-state index is -0.702. The number of hydrogen-bond donors (Lipinski definition) is 0. The van der Waals surface area contributed by atoms with Crippen LogP contribution in [0.1, 0.15) is 36.4 Å². The third-order valence-electron chi connectivity index (χ3n) is 4.74. The Kier molecular flexibility index (Phi) is 6.20. The Bertz CT molecular complexity index is 698. The molecular formula is C18H24N2O6S. The van der Waals surface area contributed by atoms with E-state index in [0.29, 0.717) is 43.2 Å². The van der Waals surface area contributed by atoms with Crippen LogP contribution < -0.4 is 4.74 Å². The van der Waals surface area contributed by atoms with E-state index in [1.165, 1.54) is 16.2 Å². The number of carbonyl (C=O) groups excluding carboxylic acids is 3. The fraction of sp³-hybridized carbons (Fsp3) is 0.611. The van der Waals surface area contributed by atoms with Gasteiger partial charge in [0.2, 0.25) is 0 Å². The molecule has 3 heterocycles. The van der Waals surface area contributed by atoms with Crippen molar-refractivity contribution in [3.05, 3.63) is 16.3 Å². The van der Waals surface area contributed by atoms with Gasteiger partial charge >= 0.3 is 12.1 Å². The molecule has 0 aliphatic carbocycles. The minimum Gasteiger partial charge on any atom is -0.492 e. The van der Waals surface area contributed by atoms with Gasteiger partial charge in [0.05, 0.1) is 13.2 Å². The molecule has 0 radical (unpaired) electrons. The zero-order valence-corrected chi connectivity index (χ0v) is 16.3. The van der Waals surface area contributed by atoms with Crippen LogP contribution >= 0.6 is 11.3 Å². The van der Waals surface area contributed by atoms with Crippen LogP contribution in [-0.4, -0.2) is 72.8 Å². The number of amides is 2. The molecule has 3 rings (SSSR count). The molecule has 0 N–H and O–H groups in total. The number of esters is 1. The number of carbonyl (C=O) groups is 3. The van der Waals surface area contributed by atoms with Crippen molar-refractivity contribution >= 4 is 29.3 Å². The van der Waals surface area contributed by atoms with Crippen LogP contribution in [0.2, 0.25) is 0 Å². The van der Waals surface area contributed by atoms with Crippen molar-refractivity contribution in [2.75, 3.05) is 32.9 Å². The second-order valence-electron chi connectivity index (χ2n) is 6.32. The zero-order chi connectivity index (χ0) is 19.4. The lowest BCUT2D eigenvalue weighted by Gasteiger charge is -2.37. The first-order valence-corrected chi connectivity index (χ1v) is 10.1. The molecule has 2 saturated heterocycles. The molecule has 1 aromatic heterocycles. The molecule has 1 aromatic rings. The number of piperidine rings is 1. The van der Waals surface area contributed by atoms with Crippen LogP contribution in [0.15, 0.2) is 11.4 Å². The molecule has 2 fully saturated rings. The summed E-state index contributed by atoms with van der Waals surface area (Å²) in [6.45, 7) is 5.40. The summed E-state index contributed by atoms with van der Waals surface area (Å²) in [5, 5.41) is 1.84. The normalized spacial score (nSPS) is 20.5. The number of rotatable bonds is 6. The lowest BCUT2D eigenvalue weighted by atomic mass is 10.0. The van der Waals surface area contributed by atoms with Crippen molar-refractivity contribution < 1.29 is 28.6 Å². The summed E-state index contributed by atoms with van der Waals surface area (Å²) in [6.07, 6.45) is 0.688. The Morgan fingerprint density at radius 3 is 2.67 bits per heavy atom. The Hall–Kier alpha value is -2.29. The second-order valence-corrected chi connectivity index (χ2v) is 7.24. The number of cyclic esters (lactones) is 1. The van der Waals surface area contributed by atoms with Crippen molar-refractivity contribution in [2.45, 2.75) is 38.8 Å². The number of hydrogen-bond acceptors (Lipinski definition) is 7. The molecular weight excluding hydrogens is 372 g/mol. The van der Waals surface area contributed by atoms with Gasteiger partial charge in [0, 0.05) is 19.1 Å². The minimum absolute atomic E-state index is 0.0176. The lowest BCUT2D eigenvalue weighted by molar-refractivity contribution is -0.148. The van der Waals surface area contributed by atoms with Crippen LogP contribution in [0, 0.1) is 0 Å². The summed E-state index contributed by atoms with van der Waals surface area (Å²) < 4.78 is 15.6. The maximum atomic E-state index is 12.8. The van der Waals surface area contributed by atoms with E-state index in [0.717, 1.165) is 0 Å². The summed E-state index contributed by atoms with van der Waals surface area (Å²) in [5.41, 5.74) is 0. The summed E-state index contributed by atoms with van der Waals surface area (Å²) in [4.78, 5) is 40.8. The van der Waals surface area contributed by atoms with Crippen molar-refractivity contribution in [1.82, 2.24) is 9.80 Å². The SMILES string of the molecule is CCOC(=O)C1COC(=O)N1C1CCN(C(=O)c2sccc2OCC)CC1. The predicted molar refractivity (Wildman–Crippen MR) is 98.0 cm³/mol. The topological polar surface area (TPSA) is 85.4 Å². The van der Waals surface area contributed by atoms with E-state index in [-0.39, 0.29) is 25.2 Å². The number of ether oxygens (including phenoxy) is 3. The molecule has 2 amide bonds. The fourth-order valence-corrected chi connectivity index (χ4v) is 4.27. The first-order chi connectivity index (χ1) is 13.1. The van der Waals surface area contributed by atoms with Gasteiger partial charge in [-0.25, -0.2) is 9.59 Å². The highest BCUT2D eigenvalue weighted by Gasteiger charge is 2.44. The van der Waals surface area contributed by atoms with Crippen LogP contribution in [-0.2, 0) is 14.3 Å². The third kappa shape index (κ3) is 4.02. The lowest BCUT2D eigenvalue weighted by Crippen LogP contribution is -2.52. The van der Waals surface area contributed by atoms with E-state index >= 15 is 0 Å². The van der Waals surface area contributed by atoms with Gasteiger partial charge in [-0.15, -0.1) is 11.3 Å². The van der Waals surface area contributed by atoms with Gasteiger partial charge in [-0.2, -0.15) is 0 Å². The van der Waals surface area contributed by atoms with Crippen molar-refractivity contribution in [3.8, 4) is 5.75 Å². The molecule has 8 nitrogen and oxygen atoms in total. The molecule has 9 heteroatoms. The molecule has 0 bridgehead atoms. The molecule has 0 saturated carbocycles. The molecule has 27 heavy (non-hydrogen) atoms. The van der Waals surface area contributed by atoms with Crippen LogP contribution in [0.5, 0.6) is 5.75 Å². The monoisotopic (exact) mass is 396 g/mol. The molecule has 1 atom stereocenters. The van der Waals surface area contributed by atoms with Gasteiger partial charge in [0.1, 0.15) is 17.2 Å². The van der Waals surface area contributed by atoms with Gasteiger partial charge in [-0.05, 0) is 38.1 Å². The number of likely N-dealkylation sites (tertiary alicyclic amines) is 1. The van der Waals surface area contributed by atoms with Gasteiger partial charge in [-0.3, -0.25) is 9.69 Å². The molecule has 0 spiro atoms. The molecule has 0 aromatic carbocycles. The standard InChI is InChI=1S/C18H24N2O6S/c1-3-24-14-7-10-27-15(14)16(21)19-8-5-12(6-9-19)20-13(11-26-18(20)23)17(22)25-4-2/h7,10,12-13H,3-6,8-9,11H2,1-2H3. The first-order valence-electron chi connectivity index (χ1n) is 9.18. The Morgan fingerprint density at radius 1 is 1.26 bits per heavy atom. The van der Waals surface area contributed by atoms with Crippen molar-refractivity contribution in [1.29, 1.82) is 0 Å². The Morgan fingerprint density at radius 2 is 2.00 bits per heavy atom. The van der Waals surface area contributed by atoms with Gasteiger partial charge in [0.15, 0.2) is 6.04 Å². The molecule has 2 aliphatic heterocycles. The Balaban J connectivity index is 1.62. The average Bonchev–Trinajstić information content (AvgIpc) is 3.28. The van der Waals surface area contributed by atoms with Crippen molar-refractivity contribution in [3.63, 3.8) is 0 Å². The van der Waals surface area contributed by atoms with E-state index in [1.807, 2.05) is 12.3 Å². The number of nitrogens with zero attached hydrogens (tertiary/aromatic N) is 2. The summed E-state index contributed by atoms with van der Waals surface area (Å²) in [7, 11) is 0. The number of thiophene rings is 1. The smallest absolute Gasteiger partial charge is 0.410 e. The van der Waals surface area contributed by atoms with Crippen LogP contribution in [0.25, 0.3) is 0 Å². The molecule has 2 aliphatic rings. The predicted octanol–water partition coefficient (Wildman–Crippen LogP) is 2.14. The maximum Gasteiger partial charge on any atom is 0.410 e. The van der Waals surface area contributed by atoms with Crippen LogP contribution in [0.4, 0.5) is 4.79 Å². The van der Waals surface area contributed by atoms with E-state index in [2.05, 4.69) is 0 Å². The summed E-state index contributed by atoms with van der Waals surface area (Å²) in [6, 6.07) is 0.956. The summed E-state index contributed by atoms with van der Waals surface area (Å²) in [5.74, 6) is 0.111. The Labute approximate surface area is 162 Å². The quantitative estimate of drug-likeness (QED) is 0.685. The van der Waals surface area contributed by atoms with Crippen molar-refractivity contribution in [2.24, 2.45) is 0 Å². The molecule has 1 unspecified atom stereocenters. The third-order valence-corrected chi connectivity index (χ3v) is 5.62. The average molecular weight is 396 g/mol. The zero-order valence-electron chi connectivity index (χ0n) is 15.5. The van der Waals surface area contributed by atoms with E-state index < -0.39 is 18.1 Å². The highest BCUT2D eigenvalue weighted by molar-refractivity contribution is 7.12. The first kappa shape index (κ1) is 19.5. The van der Waals surface area contributed by atoms with E-state index in [9.17, 15) is 14.4 Å². The largest absolute Gasteiger partial charge is 0.492 e. The van der Waals surface area contributed by atoms with Gasteiger partial charge in [0.25, 0.3) is 5.91 Å².